The Balaban J connectivity index is 1.76. The van der Waals surface area contributed by atoms with E-state index < -0.39 is 46.4 Å². The van der Waals surface area contributed by atoms with Crippen molar-refractivity contribution in [1.29, 1.82) is 0 Å². The number of likely N-dealkylation sites (tertiary alicyclic amines) is 1. The second-order valence-electron chi connectivity index (χ2n) is 10.3. The highest BCUT2D eigenvalue weighted by atomic mass is 19.4. The van der Waals surface area contributed by atoms with Crippen molar-refractivity contribution < 1.29 is 35.9 Å². The third-order valence-electron chi connectivity index (χ3n) is 7.62. The Labute approximate surface area is 216 Å². The van der Waals surface area contributed by atoms with Gasteiger partial charge in [0.25, 0.3) is 0 Å². The van der Waals surface area contributed by atoms with Crippen LogP contribution in [0.1, 0.15) is 42.0 Å². The van der Waals surface area contributed by atoms with E-state index >= 15 is 0 Å². The second-order valence-corrected chi connectivity index (χ2v) is 10.3. The molecule has 2 saturated heterocycles. The zero-order valence-electron chi connectivity index (χ0n) is 21.3. The first-order valence-electron chi connectivity index (χ1n) is 12.3. The summed E-state index contributed by atoms with van der Waals surface area (Å²) in [6.07, 6.45) is -8.32. The van der Waals surface area contributed by atoms with Crippen LogP contribution in [0.4, 0.5) is 37.7 Å². The minimum atomic E-state index is -5.05. The number of nitrogens with one attached hydrogen (secondary N) is 1. The van der Waals surface area contributed by atoms with Crippen molar-refractivity contribution in [3.63, 3.8) is 0 Å². The van der Waals surface area contributed by atoms with Gasteiger partial charge in [-0.15, -0.1) is 0 Å². The number of nitrogens with zero attached hydrogens (tertiary/aromatic N) is 2. The van der Waals surface area contributed by atoms with Crippen LogP contribution in [-0.4, -0.2) is 42.9 Å². The van der Waals surface area contributed by atoms with Crippen molar-refractivity contribution in [3.05, 3.63) is 58.7 Å². The van der Waals surface area contributed by atoms with Gasteiger partial charge in [-0.05, 0) is 69.1 Å². The molecule has 2 aliphatic heterocycles. The van der Waals surface area contributed by atoms with E-state index in [-0.39, 0.29) is 25.1 Å². The lowest BCUT2D eigenvalue weighted by Crippen LogP contribution is -2.50. The van der Waals surface area contributed by atoms with E-state index in [0.717, 1.165) is 24.0 Å². The van der Waals surface area contributed by atoms with Crippen LogP contribution in [0.15, 0.2) is 36.4 Å². The minimum Gasteiger partial charge on any atom is -0.325 e. The number of hydrogen-bond donors (Lipinski definition) is 1. The number of carbonyl (C=O) groups is 2. The number of amides is 2. The first-order chi connectivity index (χ1) is 17.6. The van der Waals surface area contributed by atoms with Crippen LogP contribution in [0.3, 0.4) is 0 Å². The number of aryl methyl sites for hydroxylation is 2. The van der Waals surface area contributed by atoms with Crippen molar-refractivity contribution >= 4 is 23.2 Å². The molecule has 2 fully saturated rings. The average Bonchev–Trinajstić information content (AvgIpc) is 3.41. The molecule has 0 bridgehead atoms. The molecule has 5 nitrogen and oxygen atoms in total. The Bertz CT molecular complexity index is 1180. The van der Waals surface area contributed by atoms with E-state index in [1.807, 2.05) is 36.9 Å². The van der Waals surface area contributed by atoms with Crippen LogP contribution in [0.2, 0.25) is 0 Å². The lowest BCUT2D eigenvalue weighted by Gasteiger charge is -2.34. The maximum Gasteiger partial charge on any atom is 0.416 e. The largest absolute Gasteiger partial charge is 0.416 e. The van der Waals surface area contributed by atoms with Gasteiger partial charge in [-0.2, -0.15) is 26.3 Å². The lowest BCUT2D eigenvalue weighted by molar-refractivity contribution is -0.143. The molecule has 1 N–H and O–H groups in total. The molecule has 11 heteroatoms. The number of hydrogen-bond acceptors (Lipinski definition) is 3. The maximum absolute atomic E-state index is 13.9. The molecule has 206 valence electrons. The number of rotatable bonds is 5. The Morgan fingerprint density at radius 2 is 1.50 bits per heavy atom. The van der Waals surface area contributed by atoms with Crippen molar-refractivity contribution in [3.8, 4) is 0 Å². The average molecular weight is 542 g/mol. The van der Waals surface area contributed by atoms with Gasteiger partial charge in [0.05, 0.1) is 22.5 Å². The van der Waals surface area contributed by atoms with Crippen molar-refractivity contribution in [1.82, 2.24) is 4.90 Å². The monoisotopic (exact) mass is 541 g/mol. The Morgan fingerprint density at radius 3 is 2.00 bits per heavy atom. The summed E-state index contributed by atoms with van der Waals surface area (Å²) in [5.41, 5.74) is -2.79. The molecule has 2 aromatic carbocycles. The van der Waals surface area contributed by atoms with Gasteiger partial charge in [-0.25, -0.2) is 0 Å². The van der Waals surface area contributed by atoms with Crippen LogP contribution in [0.5, 0.6) is 0 Å². The van der Waals surface area contributed by atoms with Crippen LogP contribution in [0.25, 0.3) is 0 Å². The fourth-order valence-corrected chi connectivity index (χ4v) is 5.54. The number of anilines is 2. The summed E-state index contributed by atoms with van der Waals surface area (Å²) in [4.78, 5) is 31.0. The predicted octanol–water partition coefficient (Wildman–Crippen LogP) is 6.04. The molecule has 0 spiro atoms. The van der Waals surface area contributed by atoms with Crippen molar-refractivity contribution in [2.45, 2.75) is 46.0 Å². The number of halogens is 6. The topological polar surface area (TPSA) is 52.6 Å². The SMILES string of the molecule is Cc1cccc(C)c1N1C[C@@](CN2CCCC2)(C(=O)Nc2cc(C(F)(F)F)cc(C(F)(F)F)c2)[C@H](C)C1=O. The highest BCUT2D eigenvalue weighted by Crippen LogP contribution is 2.44. The summed E-state index contributed by atoms with van der Waals surface area (Å²) < 4.78 is 80.5. The van der Waals surface area contributed by atoms with E-state index in [4.69, 9.17) is 0 Å². The number of carbonyl (C=O) groups excluding carboxylic acids is 2. The van der Waals surface area contributed by atoms with Gasteiger partial charge in [0.15, 0.2) is 0 Å². The van der Waals surface area contributed by atoms with Crippen molar-refractivity contribution in [2.24, 2.45) is 11.3 Å². The number of para-hydroxylation sites is 1. The van der Waals surface area contributed by atoms with Crippen molar-refractivity contribution in [2.75, 3.05) is 36.4 Å². The first kappa shape index (κ1) is 27.9. The van der Waals surface area contributed by atoms with E-state index in [1.165, 1.54) is 4.90 Å². The highest BCUT2D eigenvalue weighted by molar-refractivity contribution is 6.08. The summed E-state index contributed by atoms with van der Waals surface area (Å²) in [5.74, 6) is -1.97. The first-order valence-corrected chi connectivity index (χ1v) is 12.3. The predicted molar refractivity (Wildman–Crippen MR) is 131 cm³/mol. The molecule has 0 aromatic heterocycles. The van der Waals surface area contributed by atoms with Gasteiger partial charge in [0, 0.05) is 24.5 Å². The summed E-state index contributed by atoms with van der Waals surface area (Å²) in [7, 11) is 0. The molecular weight excluding hydrogens is 512 g/mol. The molecule has 0 unspecified atom stereocenters. The fraction of sp³-hybridized carbons (Fsp3) is 0.481. The number of alkyl halides is 6. The van der Waals surface area contributed by atoms with Gasteiger partial charge >= 0.3 is 12.4 Å². The molecule has 2 aliphatic rings. The molecule has 2 aromatic rings. The Kier molecular flexibility index (Phi) is 7.28. The minimum absolute atomic E-state index is 0.0140. The summed E-state index contributed by atoms with van der Waals surface area (Å²) in [6.45, 7) is 6.73. The van der Waals surface area contributed by atoms with Crippen LogP contribution < -0.4 is 10.2 Å². The highest BCUT2D eigenvalue weighted by Gasteiger charge is 2.56. The fourth-order valence-electron chi connectivity index (χ4n) is 5.54. The molecule has 2 heterocycles. The third kappa shape index (κ3) is 5.25. The molecule has 0 saturated carbocycles. The molecule has 2 atom stereocenters. The zero-order chi connectivity index (χ0) is 28.0. The maximum atomic E-state index is 13.9. The quantitative estimate of drug-likeness (QED) is 0.470. The second kappa shape index (κ2) is 9.91. The van der Waals surface area contributed by atoms with E-state index in [2.05, 4.69) is 5.32 Å². The van der Waals surface area contributed by atoms with Gasteiger partial charge in [0.1, 0.15) is 0 Å². The van der Waals surface area contributed by atoms with E-state index in [0.29, 0.717) is 30.9 Å². The van der Waals surface area contributed by atoms with E-state index in [9.17, 15) is 35.9 Å². The third-order valence-corrected chi connectivity index (χ3v) is 7.62. The van der Waals surface area contributed by atoms with E-state index in [1.54, 1.807) is 6.92 Å². The molecule has 38 heavy (non-hydrogen) atoms. The lowest BCUT2D eigenvalue weighted by atomic mass is 9.77. The number of benzene rings is 2. The smallest absolute Gasteiger partial charge is 0.325 e. The zero-order valence-corrected chi connectivity index (χ0v) is 21.3. The Morgan fingerprint density at radius 1 is 0.974 bits per heavy atom. The van der Waals surface area contributed by atoms with Gasteiger partial charge < -0.3 is 15.1 Å². The normalized spacial score (nSPS) is 22.8. The standard InChI is InChI=1S/C27H29F6N3O2/c1-16-7-6-8-17(2)22(16)36-15-25(18(3)23(36)37,14-35-9-4-5-10-35)24(38)34-21-12-19(26(28,29)30)11-20(13-21)27(31,32)33/h6-8,11-13,18H,4-5,9-10,14-15H2,1-3H3,(H,34,38)/t18-,25-/m1/s1. The van der Waals surface area contributed by atoms with Crippen LogP contribution >= 0.6 is 0 Å². The summed E-state index contributed by atoms with van der Waals surface area (Å²) >= 11 is 0. The molecular formula is C27H29F6N3O2. The van der Waals surface area contributed by atoms with Gasteiger partial charge in [-0.1, -0.05) is 25.1 Å². The van der Waals surface area contributed by atoms with Crippen LogP contribution in [0, 0.1) is 25.2 Å². The Hall–Kier alpha value is -3.08. The summed E-state index contributed by atoms with van der Waals surface area (Å²) in [5, 5.41) is 2.33. The molecule has 4 rings (SSSR count). The molecule has 2 amide bonds. The van der Waals surface area contributed by atoms with Gasteiger partial charge in [0.2, 0.25) is 11.8 Å². The molecule has 0 radical (unpaired) electrons. The summed E-state index contributed by atoms with van der Waals surface area (Å²) in [6, 6.07) is 6.50. The molecule has 0 aliphatic carbocycles. The van der Waals surface area contributed by atoms with Gasteiger partial charge in [-0.3, -0.25) is 9.59 Å². The van der Waals surface area contributed by atoms with Crippen LogP contribution in [-0.2, 0) is 21.9 Å².